The minimum absolute atomic E-state index is 0. The van der Waals surface area contributed by atoms with Crippen LogP contribution in [0.15, 0.2) is 4.99 Å². The summed E-state index contributed by atoms with van der Waals surface area (Å²) in [7, 11) is 1.40. The maximum Gasteiger partial charge on any atom is 0.409 e. The van der Waals surface area contributed by atoms with Crippen LogP contribution < -0.4 is 5.32 Å². The standard InChI is InChI=1S/C16H30N4O4.HI/c1-4-17-15(18-9-7-6-8-14(21)23-3)19-10-12-20(13-11-19)16(22)24-5-2;/h4-13H2,1-3H3,(H,17,18);1H. The summed E-state index contributed by atoms with van der Waals surface area (Å²) < 4.78 is 9.65. The first-order chi connectivity index (χ1) is 11.6. The number of carbonyl (C=O) groups is 2. The lowest BCUT2D eigenvalue weighted by atomic mass is 10.2. The average Bonchev–Trinajstić information content (AvgIpc) is 2.60. The minimum Gasteiger partial charge on any atom is -0.469 e. The summed E-state index contributed by atoms with van der Waals surface area (Å²) in [6.07, 6.45) is 1.79. The first-order valence-electron chi connectivity index (χ1n) is 8.64. The highest BCUT2D eigenvalue weighted by molar-refractivity contribution is 14.0. The number of hydrogen-bond donors (Lipinski definition) is 1. The van der Waals surface area contributed by atoms with E-state index in [1.54, 1.807) is 4.90 Å². The van der Waals surface area contributed by atoms with Gasteiger partial charge in [0.1, 0.15) is 0 Å². The molecule has 1 aliphatic rings. The van der Waals surface area contributed by atoms with Gasteiger partial charge in [-0.25, -0.2) is 4.79 Å². The predicted octanol–water partition coefficient (Wildman–Crippen LogP) is 1.69. The molecule has 0 saturated carbocycles. The van der Waals surface area contributed by atoms with Crippen molar-refractivity contribution >= 4 is 42.0 Å². The third-order valence-electron chi connectivity index (χ3n) is 3.72. The topological polar surface area (TPSA) is 83.5 Å². The quantitative estimate of drug-likeness (QED) is 0.201. The van der Waals surface area contributed by atoms with Crippen LogP contribution in [0.4, 0.5) is 4.79 Å². The molecule has 1 aliphatic heterocycles. The Morgan fingerprint density at radius 1 is 1.08 bits per heavy atom. The van der Waals surface area contributed by atoms with Crippen LogP contribution in [0.1, 0.15) is 33.1 Å². The molecular weight excluding hydrogens is 439 g/mol. The highest BCUT2D eigenvalue weighted by Gasteiger charge is 2.23. The molecule has 0 spiro atoms. The minimum atomic E-state index is -0.248. The van der Waals surface area contributed by atoms with E-state index in [4.69, 9.17) is 4.74 Å². The molecule has 1 fully saturated rings. The van der Waals surface area contributed by atoms with Crippen LogP contribution >= 0.6 is 24.0 Å². The number of piperazine rings is 1. The van der Waals surface area contributed by atoms with E-state index in [0.717, 1.165) is 38.4 Å². The van der Waals surface area contributed by atoms with Gasteiger partial charge in [-0.3, -0.25) is 9.79 Å². The Morgan fingerprint density at radius 2 is 1.72 bits per heavy atom. The van der Waals surface area contributed by atoms with Gasteiger partial charge in [-0.2, -0.15) is 0 Å². The van der Waals surface area contributed by atoms with Gasteiger partial charge < -0.3 is 24.6 Å². The Hall–Kier alpha value is -1.26. The molecule has 0 radical (unpaired) electrons. The van der Waals surface area contributed by atoms with Gasteiger partial charge in [-0.05, 0) is 26.7 Å². The second-order valence-corrected chi connectivity index (χ2v) is 5.44. The number of guanidine groups is 1. The Morgan fingerprint density at radius 3 is 2.28 bits per heavy atom. The zero-order valence-corrected chi connectivity index (χ0v) is 17.8. The van der Waals surface area contributed by atoms with Crippen LogP contribution in [-0.2, 0) is 14.3 Å². The Labute approximate surface area is 167 Å². The zero-order valence-electron chi connectivity index (χ0n) is 15.5. The molecule has 0 aromatic carbocycles. The van der Waals surface area contributed by atoms with Crippen molar-refractivity contribution in [2.45, 2.75) is 33.1 Å². The van der Waals surface area contributed by atoms with Gasteiger partial charge in [0.25, 0.3) is 0 Å². The number of methoxy groups -OCH3 is 1. The first kappa shape index (κ1) is 23.7. The average molecular weight is 470 g/mol. The molecule has 8 nitrogen and oxygen atoms in total. The molecule has 1 amide bonds. The first-order valence-corrected chi connectivity index (χ1v) is 8.64. The maximum absolute atomic E-state index is 11.7. The van der Waals surface area contributed by atoms with Crippen LogP contribution in [0.25, 0.3) is 0 Å². The van der Waals surface area contributed by atoms with E-state index in [-0.39, 0.29) is 36.0 Å². The van der Waals surface area contributed by atoms with E-state index in [1.807, 2.05) is 13.8 Å². The van der Waals surface area contributed by atoms with Gasteiger partial charge in [0.05, 0.1) is 13.7 Å². The second kappa shape index (κ2) is 14.0. The lowest BCUT2D eigenvalue weighted by molar-refractivity contribution is -0.140. The molecule has 9 heteroatoms. The van der Waals surface area contributed by atoms with E-state index in [2.05, 4.69) is 19.9 Å². The summed E-state index contributed by atoms with van der Waals surface area (Å²) in [5.41, 5.74) is 0. The fourth-order valence-corrected chi connectivity index (χ4v) is 2.41. The van der Waals surface area contributed by atoms with Crippen molar-refractivity contribution in [1.29, 1.82) is 0 Å². The number of amides is 1. The highest BCUT2D eigenvalue weighted by Crippen LogP contribution is 2.05. The molecule has 0 aromatic heterocycles. The van der Waals surface area contributed by atoms with Crippen LogP contribution in [0.2, 0.25) is 0 Å². The third kappa shape index (κ3) is 9.13. The summed E-state index contributed by atoms with van der Waals surface area (Å²) in [5.74, 6) is 0.681. The number of nitrogens with zero attached hydrogens (tertiary/aromatic N) is 3. The molecule has 1 rings (SSSR count). The largest absolute Gasteiger partial charge is 0.469 e. The normalized spacial score (nSPS) is 14.6. The predicted molar refractivity (Wildman–Crippen MR) is 107 cm³/mol. The van der Waals surface area contributed by atoms with Crippen molar-refractivity contribution in [3.63, 3.8) is 0 Å². The molecule has 1 saturated heterocycles. The number of ether oxygens (including phenoxy) is 2. The maximum atomic E-state index is 11.7. The molecule has 0 bridgehead atoms. The number of rotatable bonds is 7. The second-order valence-electron chi connectivity index (χ2n) is 5.44. The number of esters is 1. The number of hydrogen-bond acceptors (Lipinski definition) is 5. The van der Waals surface area contributed by atoms with Crippen LogP contribution in [0.3, 0.4) is 0 Å². The number of halogens is 1. The Kier molecular flexibility index (Phi) is 13.3. The third-order valence-corrected chi connectivity index (χ3v) is 3.72. The molecule has 0 aromatic rings. The van der Waals surface area contributed by atoms with Gasteiger partial charge in [0.15, 0.2) is 5.96 Å². The van der Waals surface area contributed by atoms with E-state index >= 15 is 0 Å². The van der Waals surface area contributed by atoms with E-state index in [9.17, 15) is 9.59 Å². The number of unbranched alkanes of at least 4 members (excludes halogenated alkanes) is 1. The van der Waals surface area contributed by atoms with Crippen LogP contribution in [0.5, 0.6) is 0 Å². The molecule has 25 heavy (non-hydrogen) atoms. The smallest absolute Gasteiger partial charge is 0.409 e. The van der Waals surface area contributed by atoms with E-state index < -0.39 is 0 Å². The van der Waals surface area contributed by atoms with Gasteiger partial charge in [-0.15, -0.1) is 24.0 Å². The molecule has 0 atom stereocenters. The summed E-state index contributed by atoms with van der Waals surface area (Å²) in [6.45, 7) is 8.41. The summed E-state index contributed by atoms with van der Waals surface area (Å²) in [6, 6.07) is 0. The van der Waals surface area contributed by atoms with Gasteiger partial charge >= 0.3 is 12.1 Å². The fraction of sp³-hybridized carbons (Fsp3) is 0.812. The Balaban J connectivity index is 0.00000576. The SMILES string of the molecule is CCNC(=NCCCCC(=O)OC)N1CCN(C(=O)OCC)CC1.I. The number of nitrogens with one attached hydrogen (secondary N) is 1. The van der Waals surface area contributed by atoms with Crippen molar-refractivity contribution in [3.05, 3.63) is 0 Å². The molecule has 1 N–H and O–H groups in total. The number of carbonyl (C=O) groups excluding carboxylic acids is 2. The van der Waals surface area contributed by atoms with Crippen molar-refractivity contribution in [2.24, 2.45) is 4.99 Å². The van der Waals surface area contributed by atoms with Crippen molar-refractivity contribution < 1.29 is 19.1 Å². The molecular formula is C16H31IN4O4. The van der Waals surface area contributed by atoms with E-state index in [1.165, 1.54) is 7.11 Å². The molecule has 0 unspecified atom stereocenters. The van der Waals surface area contributed by atoms with Crippen LogP contribution in [-0.4, -0.2) is 80.8 Å². The lowest BCUT2D eigenvalue weighted by Gasteiger charge is -2.35. The summed E-state index contributed by atoms with van der Waals surface area (Å²) in [4.78, 5) is 31.3. The van der Waals surface area contributed by atoms with Crippen LogP contribution in [0, 0.1) is 0 Å². The lowest BCUT2D eigenvalue weighted by Crippen LogP contribution is -2.53. The monoisotopic (exact) mass is 470 g/mol. The van der Waals surface area contributed by atoms with Crippen molar-refractivity contribution in [2.75, 3.05) is 53.0 Å². The summed E-state index contributed by atoms with van der Waals surface area (Å²) >= 11 is 0. The van der Waals surface area contributed by atoms with Gasteiger partial charge in [0.2, 0.25) is 0 Å². The van der Waals surface area contributed by atoms with E-state index in [0.29, 0.717) is 32.7 Å². The van der Waals surface area contributed by atoms with Gasteiger partial charge in [-0.1, -0.05) is 0 Å². The van der Waals surface area contributed by atoms with Crippen molar-refractivity contribution in [3.8, 4) is 0 Å². The highest BCUT2D eigenvalue weighted by atomic mass is 127. The molecule has 1 heterocycles. The zero-order chi connectivity index (χ0) is 17.8. The summed E-state index contributed by atoms with van der Waals surface area (Å²) in [5, 5.41) is 3.28. The van der Waals surface area contributed by atoms with Gasteiger partial charge in [0, 0.05) is 45.7 Å². The molecule has 0 aliphatic carbocycles. The fourth-order valence-electron chi connectivity index (χ4n) is 2.41. The number of aliphatic imine (C=N–C) groups is 1. The van der Waals surface area contributed by atoms with Crippen molar-refractivity contribution in [1.82, 2.24) is 15.1 Å². The molecule has 146 valence electrons. The Bertz CT molecular complexity index is 426.